The average molecular weight is 214 g/mol. The Labute approximate surface area is 90.4 Å². The summed E-state index contributed by atoms with van der Waals surface area (Å²) >= 11 is 4.76. The van der Waals surface area contributed by atoms with Crippen LogP contribution in [0.25, 0.3) is 0 Å². The van der Waals surface area contributed by atoms with Crippen LogP contribution in [0.1, 0.15) is 33.1 Å². The molecule has 1 atom stereocenters. The topological polar surface area (TPSA) is 55.1 Å². The Morgan fingerprint density at radius 2 is 2.21 bits per heavy atom. The normalized spacial score (nSPS) is 19.9. The van der Waals surface area contributed by atoms with Gasteiger partial charge in [-0.2, -0.15) is 0 Å². The minimum atomic E-state index is -0.349. The minimum Gasteiger partial charge on any atom is -0.393 e. The lowest BCUT2D eigenvalue weighted by Gasteiger charge is -2.15. The van der Waals surface area contributed by atoms with E-state index >= 15 is 0 Å². The van der Waals surface area contributed by atoms with E-state index in [0.717, 1.165) is 13.0 Å². The lowest BCUT2D eigenvalue weighted by Crippen LogP contribution is -2.38. The summed E-state index contributed by atoms with van der Waals surface area (Å²) in [5, 5.41) is 2.91. The van der Waals surface area contributed by atoms with E-state index in [4.69, 9.17) is 18.0 Å². The highest BCUT2D eigenvalue weighted by molar-refractivity contribution is 7.80. The van der Waals surface area contributed by atoms with E-state index in [9.17, 15) is 4.79 Å². The molecule has 0 aliphatic heterocycles. The molecule has 1 unspecified atom stereocenters. The van der Waals surface area contributed by atoms with Crippen LogP contribution in [-0.2, 0) is 4.79 Å². The Hall–Kier alpha value is -0.640. The molecule has 80 valence electrons. The molecular formula is C10H18N2OS. The first-order valence-corrected chi connectivity index (χ1v) is 5.48. The Bertz CT molecular complexity index is 249. The van der Waals surface area contributed by atoms with Gasteiger partial charge >= 0.3 is 0 Å². The maximum atomic E-state index is 11.5. The van der Waals surface area contributed by atoms with Gasteiger partial charge in [0.05, 0.1) is 10.9 Å². The molecule has 3 N–H and O–H groups in total. The zero-order valence-electron chi connectivity index (χ0n) is 8.80. The van der Waals surface area contributed by atoms with Crippen LogP contribution in [0.3, 0.4) is 0 Å². The summed E-state index contributed by atoms with van der Waals surface area (Å²) < 4.78 is 0. The Kier molecular flexibility index (Phi) is 3.48. The predicted octanol–water partition coefficient (Wildman–Crippen LogP) is 1.22. The third kappa shape index (κ3) is 2.67. The molecule has 4 heteroatoms. The van der Waals surface area contributed by atoms with E-state index in [1.807, 2.05) is 0 Å². The molecule has 0 aromatic heterocycles. The second-order valence-corrected chi connectivity index (χ2v) is 4.67. The molecule has 14 heavy (non-hydrogen) atoms. The number of nitrogens with one attached hydrogen (secondary N) is 1. The summed E-state index contributed by atoms with van der Waals surface area (Å²) in [5.74, 6) is -0.394. The molecule has 3 nitrogen and oxygen atoms in total. The van der Waals surface area contributed by atoms with Crippen LogP contribution in [-0.4, -0.2) is 17.4 Å². The van der Waals surface area contributed by atoms with E-state index in [0.29, 0.717) is 5.41 Å². The first-order valence-electron chi connectivity index (χ1n) is 5.08. The lowest BCUT2D eigenvalue weighted by molar-refractivity contribution is -0.122. The van der Waals surface area contributed by atoms with Gasteiger partial charge in [-0.3, -0.25) is 4.79 Å². The number of carbonyl (C=O) groups is 1. The van der Waals surface area contributed by atoms with Crippen molar-refractivity contribution in [3.05, 3.63) is 0 Å². The highest BCUT2D eigenvalue weighted by atomic mass is 32.1. The van der Waals surface area contributed by atoms with E-state index in [1.54, 1.807) is 6.92 Å². The molecule has 1 rings (SSSR count). The average Bonchev–Trinajstić information content (AvgIpc) is 2.93. The van der Waals surface area contributed by atoms with E-state index in [2.05, 4.69) is 12.2 Å². The predicted molar refractivity (Wildman–Crippen MR) is 60.9 cm³/mol. The molecule has 1 saturated carbocycles. The van der Waals surface area contributed by atoms with Crippen LogP contribution in [0.4, 0.5) is 0 Å². The Morgan fingerprint density at radius 1 is 1.64 bits per heavy atom. The van der Waals surface area contributed by atoms with Gasteiger partial charge in [-0.25, -0.2) is 0 Å². The van der Waals surface area contributed by atoms with Gasteiger partial charge in [0, 0.05) is 6.54 Å². The Morgan fingerprint density at radius 3 is 2.57 bits per heavy atom. The first kappa shape index (κ1) is 11.4. The molecule has 1 aliphatic carbocycles. The van der Waals surface area contributed by atoms with E-state index in [-0.39, 0.29) is 16.8 Å². The van der Waals surface area contributed by atoms with Crippen molar-refractivity contribution in [2.24, 2.45) is 17.1 Å². The van der Waals surface area contributed by atoms with Gasteiger partial charge in [-0.15, -0.1) is 0 Å². The van der Waals surface area contributed by atoms with Crippen LogP contribution in [0, 0.1) is 11.3 Å². The van der Waals surface area contributed by atoms with Crippen LogP contribution < -0.4 is 11.1 Å². The fraction of sp³-hybridized carbons (Fsp3) is 0.800. The fourth-order valence-corrected chi connectivity index (χ4v) is 1.50. The molecule has 0 spiro atoms. The van der Waals surface area contributed by atoms with E-state index in [1.165, 1.54) is 12.8 Å². The van der Waals surface area contributed by atoms with Crippen molar-refractivity contribution in [3.63, 3.8) is 0 Å². The molecule has 1 amide bonds. The summed E-state index contributed by atoms with van der Waals surface area (Å²) in [6, 6.07) is 0. The van der Waals surface area contributed by atoms with Gasteiger partial charge in [0.2, 0.25) is 5.91 Å². The SMILES string of the molecule is CCC1(CNC(=O)C(C)C(N)=S)CC1. The van der Waals surface area contributed by atoms with Gasteiger partial charge in [0.15, 0.2) is 0 Å². The molecule has 0 aromatic rings. The van der Waals surface area contributed by atoms with Crippen molar-refractivity contribution in [1.29, 1.82) is 0 Å². The highest BCUT2D eigenvalue weighted by Gasteiger charge is 2.40. The number of thiocarbonyl (C=S) groups is 1. The highest BCUT2D eigenvalue weighted by Crippen LogP contribution is 2.47. The van der Waals surface area contributed by atoms with Gasteiger partial charge in [0.1, 0.15) is 0 Å². The third-order valence-electron chi connectivity index (χ3n) is 3.16. The largest absolute Gasteiger partial charge is 0.393 e. The summed E-state index contributed by atoms with van der Waals surface area (Å²) in [5.41, 5.74) is 5.78. The number of hydrogen-bond donors (Lipinski definition) is 2. The standard InChI is InChI=1S/C10H18N2OS/c1-3-10(4-5-10)6-12-9(13)7(2)8(11)14/h7H,3-6H2,1-2H3,(H2,11,14)(H,12,13). The Balaban J connectivity index is 2.31. The minimum absolute atomic E-state index is 0.0442. The first-order chi connectivity index (χ1) is 6.51. The van der Waals surface area contributed by atoms with Crippen molar-refractivity contribution >= 4 is 23.1 Å². The van der Waals surface area contributed by atoms with Gasteiger partial charge in [-0.05, 0) is 31.6 Å². The molecule has 0 aromatic carbocycles. The van der Waals surface area contributed by atoms with Crippen molar-refractivity contribution in [3.8, 4) is 0 Å². The monoisotopic (exact) mass is 214 g/mol. The summed E-state index contributed by atoms with van der Waals surface area (Å²) in [6.45, 7) is 4.68. The molecule has 0 bridgehead atoms. The van der Waals surface area contributed by atoms with Gasteiger partial charge in [0.25, 0.3) is 0 Å². The van der Waals surface area contributed by atoms with Crippen molar-refractivity contribution in [1.82, 2.24) is 5.32 Å². The third-order valence-corrected chi connectivity index (χ3v) is 3.52. The molecule has 0 heterocycles. The number of hydrogen-bond acceptors (Lipinski definition) is 2. The molecule has 1 aliphatic rings. The van der Waals surface area contributed by atoms with E-state index < -0.39 is 0 Å². The lowest BCUT2D eigenvalue weighted by atomic mass is 10.0. The van der Waals surface area contributed by atoms with Crippen molar-refractivity contribution in [2.45, 2.75) is 33.1 Å². The van der Waals surface area contributed by atoms with Crippen LogP contribution in [0.2, 0.25) is 0 Å². The maximum Gasteiger partial charge on any atom is 0.229 e. The van der Waals surface area contributed by atoms with Crippen LogP contribution in [0.5, 0.6) is 0 Å². The summed E-state index contributed by atoms with van der Waals surface area (Å²) in [7, 11) is 0. The summed E-state index contributed by atoms with van der Waals surface area (Å²) in [6.07, 6.45) is 3.59. The van der Waals surface area contributed by atoms with Crippen molar-refractivity contribution < 1.29 is 4.79 Å². The van der Waals surface area contributed by atoms with Crippen LogP contribution in [0.15, 0.2) is 0 Å². The molecular weight excluding hydrogens is 196 g/mol. The zero-order chi connectivity index (χ0) is 10.8. The van der Waals surface area contributed by atoms with Crippen molar-refractivity contribution in [2.75, 3.05) is 6.54 Å². The number of rotatable bonds is 5. The van der Waals surface area contributed by atoms with Gasteiger partial charge < -0.3 is 11.1 Å². The smallest absolute Gasteiger partial charge is 0.229 e. The van der Waals surface area contributed by atoms with Crippen LogP contribution >= 0.6 is 12.2 Å². The number of nitrogens with two attached hydrogens (primary N) is 1. The quantitative estimate of drug-likeness (QED) is 0.676. The number of carbonyl (C=O) groups excluding carboxylic acids is 1. The molecule has 0 saturated heterocycles. The maximum absolute atomic E-state index is 11.5. The summed E-state index contributed by atoms with van der Waals surface area (Å²) in [4.78, 5) is 11.8. The fourth-order valence-electron chi connectivity index (χ4n) is 1.39. The molecule has 0 radical (unpaired) electrons. The molecule has 1 fully saturated rings. The second kappa shape index (κ2) is 4.26. The van der Waals surface area contributed by atoms with Gasteiger partial charge in [-0.1, -0.05) is 19.1 Å². The second-order valence-electron chi connectivity index (χ2n) is 4.20. The number of amides is 1. The zero-order valence-corrected chi connectivity index (χ0v) is 9.62.